The number of fused-ring (bicyclic) bond motifs is 1. The lowest BCUT2D eigenvalue weighted by Gasteiger charge is -2.26. The fraction of sp³-hybridized carbons (Fsp3) is 0.533. The third-order valence-corrected chi connectivity index (χ3v) is 4.11. The molecule has 2 nitrogen and oxygen atoms in total. The highest BCUT2D eigenvalue weighted by Gasteiger charge is 2.46. The Bertz CT molecular complexity index is 524. The van der Waals surface area contributed by atoms with E-state index in [4.69, 9.17) is 0 Å². The van der Waals surface area contributed by atoms with Crippen molar-refractivity contribution in [2.24, 2.45) is 0 Å². The normalized spacial score (nSPS) is 21.8. The van der Waals surface area contributed by atoms with Gasteiger partial charge < -0.3 is 5.32 Å². The minimum atomic E-state index is -4.38. The summed E-state index contributed by atoms with van der Waals surface area (Å²) in [7, 11) is 0. The average Bonchev–Trinajstić information content (AvgIpc) is 2.67. The largest absolute Gasteiger partial charge is 0.416 e. The summed E-state index contributed by atoms with van der Waals surface area (Å²) in [5.74, 6) is -0.178. The van der Waals surface area contributed by atoms with Gasteiger partial charge in [-0.2, -0.15) is 13.2 Å². The molecule has 2 rings (SSSR count). The molecule has 5 heteroatoms. The maximum absolute atomic E-state index is 12.9. The predicted molar refractivity (Wildman–Crippen MR) is 71.6 cm³/mol. The van der Waals surface area contributed by atoms with Crippen molar-refractivity contribution in [3.63, 3.8) is 0 Å². The lowest BCUT2D eigenvalue weighted by atomic mass is 9.75. The number of carbonyl (C=O) groups is 1. The molecule has 0 saturated carbocycles. The van der Waals surface area contributed by atoms with Crippen molar-refractivity contribution in [3.05, 3.63) is 29.3 Å². The quantitative estimate of drug-likeness (QED) is 0.867. The van der Waals surface area contributed by atoms with Gasteiger partial charge in [-0.1, -0.05) is 26.7 Å². The highest BCUT2D eigenvalue weighted by Crippen LogP contribution is 2.45. The zero-order valence-corrected chi connectivity index (χ0v) is 11.6. The third-order valence-electron chi connectivity index (χ3n) is 4.11. The number of unbranched alkanes of at least 4 members (excludes halogenated alkanes) is 1. The van der Waals surface area contributed by atoms with Crippen molar-refractivity contribution in [2.75, 3.05) is 5.32 Å². The summed E-state index contributed by atoms with van der Waals surface area (Å²) >= 11 is 0. The Labute approximate surface area is 116 Å². The summed E-state index contributed by atoms with van der Waals surface area (Å²) in [4.78, 5) is 12.3. The van der Waals surface area contributed by atoms with Crippen LogP contribution in [0.5, 0.6) is 0 Å². The lowest BCUT2D eigenvalue weighted by Crippen LogP contribution is -2.33. The molecule has 1 aliphatic heterocycles. The van der Waals surface area contributed by atoms with Gasteiger partial charge in [-0.15, -0.1) is 0 Å². The molecule has 1 unspecified atom stereocenters. The Kier molecular flexibility index (Phi) is 3.80. The molecule has 0 radical (unpaired) electrons. The maximum Gasteiger partial charge on any atom is 0.416 e. The van der Waals surface area contributed by atoms with Gasteiger partial charge in [0.2, 0.25) is 5.91 Å². The van der Waals surface area contributed by atoms with Crippen LogP contribution in [0.25, 0.3) is 0 Å². The molecule has 1 amide bonds. The van der Waals surface area contributed by atoms with Crippen LogP contribution in [0.15, 0.2) is 18.2 Å². The van der Waals surface area contributed by atoms with Crippen LogP contribution in [0.4, 0.5) is 18.9 Å². The topological polar surface area (TPSA) is 29.1 Å². The number of halogens is 3. The number of rotatable bonds is 4. The van der Waals surface area contributed by atoms with Crippen molar-refractivity contribution in [2.45, 2.75) is 51.1 Å². The molecule has 0 saturated heterocycles. The van der Waals surface area contributed by atoms with Crippen LogP contribution in [-0.2, 0) is 16.4 Å². The van der Waals surface area contributed by atoms with Crippen molar-refractivity contribution < 1.29 is 18.0 Å². The van der Waals surface area contributed by atoms with Crippen molar-refractivity contribution >= 4 is 11.6 Å². The second-order valence-corrected chi connectivity index (χ2v) is 5.25. The molecule has 0 aliphatic carbocycles. The minimum absolute atomic E-state index is 0.178. The molecule has 0 bridgehead atoms. The molecule has 0 spiro atoms. The van der Waals surface area contributed by atoms with E-state index in [0.29, 0.717) is 24.1 Å². The summed E-state index contributed by atoms with van der Waals surface area (Å²) in [6, 6.07) is 3.51. The molecule has 1 heterocycles. The van der Waals surface area contributed by atoms with E-state index in [1.165, 1.54) is 6.07 Å². The number of amides is 1. The Morgan fingerprint density at radius 1 is 1.25 bits per heavy atom. The predicted octanol–water partition coefficient (Wildman–Crippen LogP) is 4.50. The van der Waals surface area contributed by atoms with E-state index in [9.17, 15) is 18.0 Å². The fourth-order valence-electron chi connectivity index (χ4n) is 2.84. The van der Waals surface area contributed by atoms with Gasteiger partial charge in [0.25, 0.3) is 0 Å². The first-order valence-corrected chi connectivity index (χ1v) is 6.88. The third kappa shape index (κ3) is 2.30. The number of benzene rings is 1. The molecule has 1 aromatic rings. The summed E-state index contributed by atoms with van der Waals surface area (Å²) in [6.07, 6.45) is -1.57. The summed E-state index contributed by atoms with van der Waals surface area (Å²) in [5, 5.41) is 2.72. The SMILES string of the molecule is CCCCC1(CC)C(=O)Nc2ccc(C(F)(F)F)cc21. The summed E-state index contributed by atoms with van der Waals surface area (Å²) in [6.45, 7) is 3.86. The Morgan fingerprint density at radius 2 is 1.95 bits per heavy atom. The van der Waals surface area contributed by atoms with Gasteiger partial charge >= 0.3 is 6.18 Å². The van der Waals surface area contributed by atoms with Gasteiger partial charge in [-0.25, -0.2) is 0 Å². The van der Waals surface area contributed by atoms with Crippen molar-refractivity contribution in [1.29, 1.82) is 0 Å². The number of hydrogen-bond donors (Lipinski definition) is 1. The Balaban J connectivity index is 2.51. The first kappa shape index (κ1) is 14.9. The second-order valence-electron chi connectivity index (χ2n) is 5.25. The molecule has 0 fully saturated rings. The maximum atomic E-state index is 12.9. The second kappa shape index (κ2) is 5.11. The highest BCUT2D eigenvalue weighted by molar-refractivity contribution is 6.06. The highest BCUT2D eigenvalue weighted by atomic mass is 19.4. The van der Waals surface area contributed by atoms with E-state index in [0.717, 1.165) is 25.0 Å². The van der Waals surface area contributed by atoms with Crippen LogP contribution in [0.2, 0.25) is 0 Å². The van der Waals surface area contributed by atoms with E-state index in [-0.39, 0.29) is 5.91 Å². The first-order valence-electron chi connectivity index (χ1n) is 6.88. The Hall–Kier alpha value is -1.52. The average molecular weight is 285 g/mol. The Morgan fingerprint density at radius 3 is 2.50 bits per heavy atom. The van der Waals surface area contributed by atoms with E-state index < -0.39 is 17.2 Å². The molecular weight excluding hydrogens is 267 g/mol. The minimum Gasteiger partial charge on any atom is -0.325 e. The fourth-order valence-corrected chi connectivity index (χ4v) is 2.84. The summed E-state index contributed by atoms with van der Waals surface area (Å²) in [5.41, 5.74) is -0.497. The van der Waals surface area contributed by atoms with Crippen LogP contribution in [-0.4, -0.2) is 5.91 Å². The zero-order chi connectivity index (χ0) is 15.0. The number of anilines is 1. The van der Waals surface area contributed by atoms with Gasteiger partial charge in [0.15, 0.2) is 0 Å². The monoisotopic (exact) mass is 285 g/mol. The van der Waals surface area contributed by atoms with Crippen LogP contribution >= 0.6 is 0 Å². The van der Waals surface area contributed by atoms with E-state index in [1.54, 1.807) is 0 Å². The number of alkyl halides is 3. The van der Waals surface area contributed by atoms with Crippen LogP contribution in [0.3, 0.4) is 0 Å². The first-order chi connectivity index (χ1) is 9.35. The number of nitrogens with one attached hydrogen (secondary N) is 1. The zero-order valence-electron chi connectivity index (χ0n) is 11.6. The molecule has 110 valence electrons. The van der Waals surface area contributed by atoms with Crippen molar-refractivity contribution in [1.82, 2.24) is 0 Å². The van der Waals surface area contributed by atoms with Crippen LogP contribution in [0.1, 0.15) is 50.7 Å². The smallest absolute Gasteiger partial charge is 0.325 e. The number of carbonyl (C=O) groups excluding carboxylic acids is 1. The molecule has 1 atom stereocenters. The molecule has 1 aliphatic rings. The van der Waals surface area contributed by atoms with Gasteiger partial charge in [0.05, 0.1) is 11.0 Å². The van der Waals surface area contributed by atoms with E-state index >= 15 is 0 Å². The van der Waals surface area contributed by atoms with Crippen molar-refractivity contribution in [3.8, 4) is 0 Å². The van der Waals surface area contributed by atoms with Crippen LogP contribution in [0, 0.1) is 0 Å². The van der Waals surface area contributed by atoms with Gasteiger partial charge in [0, 0.05) is 5.69 Å². The molecule has 1 N–H and O–H groups in total. The van der Waals surface area contributed by atoms with E-state index in [1.807, 2.05) is 13.8 Å². The van der Waals surface area contributed by atoms with Gasteiger partial charge in [-0.3, -0.25) is 4.79 Å². The lowest BCUT2D eigenvalue weighted by molar-refractivity contribution is -0.137. The molecule has 20 heavy (non-hydrogen) atoms. The molecule has 0 aromatic heterocycles. The van der Waals surface area contributed by atoms with Crippen LogP contribution < -0.4 is 5.32 Å². The van der Waals surface area contributed by atoms with Gasteiger partial charge in [-0.05, 0) is 36.6 Å². The molecular formula is C15H18F3NO. The van der Waals surface area contributed by atoms with E-state index in [2.05, 4.69) is 5.32 Å². The number of hydrogen-bond acceptors (Lipinski definition) is 1. The van der Waals surface area contributed by atoms with Gasteiger partial charge in [0.1, 0.15) is 0 Å². The summed E-state index contributed by atoms with van der Waals surface area (Å²) < 4.78 is 38.6. The standard InChI is InChI=1S/C15H18F3NO/c1-3-5-8-14(4-2)11-9-10(15(16,17)18)6-7-12(11)19-13(14)20/h6-7,9H,3-5,8H2,1-2H3,(H,19,20). The molecule has 1 aromatic carbocycles.